The van der Waals surface area contributed by atoms with Crippen molar-refractivity contribution in [3.8, 4) is 5.75 Å². The van der Waals surface area contributed by atoms with Crippen LogP contribution in [0.25, 0.3) is 0 Å². The van der Waals surface area contributed by atoms with Gasteiger partial charge in [-0.1, -0.05) is 31.2 Å². The first-order valence-corrected chi connectivity index (χ1v) is 11.3. The normalized spacial score (nSPS) is 11.7. The Labute approximate surface area is 199 Å². The molecule has 0 spiro atoms. The number of aromatic hydroxyl groups is 1. The number of amides is 1. The van der Waals surface area contributed by atoms with E-state index in [0.717, 1.165) is 33.4 Å². The van der Waals surface area contributed by atoms with Crippen molar-refractivity contribution >= 4 is 17.6 Å². The van der Waals surface area contributed by atoms with Crippen LogP contribution in [-0.4, -0.2) is 23.6 Å². The Balaban J connectivity index is 1.79. The van der Waals surface area contributed by atoms with Crippen molar-refractivity contribution in [2.75, 3.05) is 11.9 Å². The van der Waals surface area contributed by atoms with Crippen molar-refractivity contribution in [1.29, 1.82) is 0 Å². The first-order valence-electron chi connectivity index (χ1n) is 11.3. The minimum Gasteiger partial charge on any atom is -0.508 e. The van der Waals surface area contributed by atoms with Crippen molar-refractivity contribution in [2.24, 2.45) is 0 Å². The molecule has 0 aliphatic rings. The fraction of sp³-hybridized carbons (Fsp3) is 0.286. The second-order valence-corrected chi connectivity index (χ2v) is 8.46. The minimum absolute atomic E-state index is 0.0975. The molecule has 34 heavy (non-hydrogen) atoms. The summed E-state index contributed by atoms with van der Waals surface area (Å²) in [4.78, 5) is 23.6. The summed E-state index contributed by atoms with van der Waals surface area (Å²) in [5, 5.41) is 13.2. The molecule has 0 aliphatic carbocycles. The van der Waals surface area contributed by atoms with E-state index in [0.29, 0.717) is 12.1 Å². The summed E-state index contributed by atoms with van der Waals surface area (Å²) >= 11 is 0. The largest absolute Gasteiger partial charge is 0.508 e. The molecule has 0 aliphatic heterocycles. The topological polar surface area (TPSA) is 75.6 Å². The summed E-state index contributed by atoms with van der Waals surface area (Å²) < 4.78 is 18.1. The molecule has 1 atom stereocenters. The fourth-order valence-electron chi connectivity index (χ4n) is 4.09. The van der Waals surface area contributed by atoms with E-state index in [1.54, 1.807) is 25.1 Å². The van der Waals surface area contributed by atoms with Crippen LogP contribution in [0.5, 0.6) is 5.75 Å². The molecule has 0 heterocycles. The number of hydrogen-bond acceptors (Lipinski definition) is 4. The number of hydrogen-bond donors (Lipinski definition) is 2. The standard InChI is InChI=1S/C28H30FNO4/c1-5-34-28(33)16-27(32)30-23-12-17(2)24(18(3)13-23)14-20-6-11-26(31)25(15-20)19(4)21-7-9-22(29)10-8-21/h6-13,15,19,31H,5,14,16H2,1-4H3,(H,30,32). The number of carbonyl (C=O) groups excluding carboxylic acids is 2. The zero-order valence-corrected chi connectivity index (χ0v) is 19.9. The Bertz CT molecular complexity index is 1160. The number of halogens is 1. The maximum atomic E-state index is 13.3. The number of rotatable bonds is 8. The predicted molar refractivity (Wildman–Crippen MR) is 131 cm³/mol. The van der Waals surface area contributed by atoms with Crippen molar-refractivity contribution in [1.82, 2.24) is 0 Å². The van der Waals surface area contributed by atoms with Crippen LogP contribution in [0.1, 0.15) is 59.6 Å². The summed E-state index contributed by atoms with van der Waals surface area (Å²) in [5.74, 6) is -1.15. The smallest absolute Gasteiger partial charge is 0.315 e. The van der Waals surface area contributed by atoms with Gasteiger partial charge in [0.15, 0.2) is 0 Å². The van der Waals surface area contributed by atoms with Crippen LogP contribution in [0, 0.1) is 19.7 Å². The lowest BCUT2D eigenvalue weighted by atomic mass is 9.89. The van der Waals surface area contributed by atoms with Crippen molar-refractivity contribution in [3.05, 3.63) is 93.8 Å². The van der Waals surface area contributed by atoms with Gasteiger partial charge in [0.2, 0.25) is 5.91 Å². The van der Waals surface area contributed by atoms with Gasteiger partial charge in [-0.2, -0.15) is 0 Å². The molecule has 1 unspecified atom stereocenters. The van der Waals surface area contributed by atoms with Crippen LogP contribution in [0.2, 0.25) is 0 Å². The number of esters is 1. The van der Waals surface area contributed by atoms with Crippen molar-refractivity contribution < 1.29 is 23.8 Å². The molecule has 0 bridgehead atoms. The molecule has 0 saturated heterocycles. The Morgan fingerprint density at radius 1 is 1.03 bits per heavy atom. The van der Waals surface area contributed by atoms with Gasteiger partial charge in [0, 0.05) is 17.2 Å². The number of aryl methyl sites for hydroxylation is 2. The maximum absolute atomic E-state index is 13.3. The van der Waals surface area contributed by atoms with Crippen LogP contribution in [0.4, 0.5) is 10.1 Å². The highest BCUT2D eigenvalue weighted by atomic mass is 19.1. The lowest BCUT2D eigenvalue weighted by molar-refractivity contribution is -0.145. The number of ether oxygens (including phenoxy) is 1. The molecule has 1 amide bonds. The zero-order valence-electron chi connectivity index (χ0n) is 19.9. The van der Waals surface area contributed by atoms with E-state index >= 15 is 0 Å². The summed E-state index contributed by atoms with van der Waals surface area (Å²) in [7, 11) is 0. The Morgan fingerprint density at radius 3 is 2.29 bits per heavy atom. The second kappa shape index (κ2) is 11.0. The SMILES string of the molecule is CCOC(=O)CC(=O)Nc1cc(C)c(Cc2ccc(O)c(C(C)c3ccc(F)cc3)c2)c(C)c1. The molecule has 178 valence electrons. The van der Waals surface area contributed by atoms with Crippen LogP contribution >= 0.6 is 0 Å². The van der Waals surface area contributed by atoms with E-state index in [-0.39, 0.29) is 30.5 Å². The van der Waals surface area contributed by atoms with E-state index < -0.39 is 11.9 Å². The average molecular weight is 464 g/mol. The molecule has 3 aromatic carbocycles. The van der Waals surface area contributed by atoms with Gasteiger partial charge in [0.25, 0.3) is 0 Å². The first-order chi connectivity index (χ1) is 16.2. The third-order valence-electron chi connectivity index (χ3n) is 5.90. The predicted octanol–water partition coefficient (Wildman–Crippen LogP) is 5.78. The lowest BCUT2D eigenvalue weighted by Gasteiger charge is -2.17. The first kappa shape index (κ1) is 25.0. The molecular formula is C28H30FNO4. The molecule has 3 aromatic rings. The van der Waals surface area contributed by atoms with Gasteiger partial charge >= 0.3 is 5.97 Å². The molecule has 0 radical (unpaired) electrons. The number of phenolic OH excluding ortho intramolecular Hbond substituents is 1. The fourth-order valence-corrected chi connectivity index (χ4v) is 4.09. The van der Waals surface area contributed by atoms with Gasteiger partial charge < -0.3 is 15.2 Å². The van der Waals surface area contributed by atoms with Crippen molar-refractivity contribution in [2.45, 2.75) is 46.5 Å². The molecule has 0 fully saturated rings. The highest BCUT2D eigenvalue weighted by molar-refractivity contribution is 6.02. The van der Waals surface area contributed by atoms with Gasteiger partial charge in [-0.15, -0.1) is 0 Å². The summed E-state index contributed by atoms with van der Waals surface area (Å²) in [5.41, 5.74) is 6.50. The van der Waals surface area contributed by atoms with Gasteiger partial charge in [0.1, 0.15) is 18.0 Å². The van der Waals surface area contributed by atoms with E-state index in [4.69, 9.17) is 4.74 Å². The van der Waals surface area contributed by atoms with Crippen LogP contribution < -0.4 is 5.32 Å². The molecule has 6 heteroatoms. The average Bonchev–Trinajstić information content (AvgIpc) is 2.77. The highest BCUT2D eigenvalue weighted by Crippen LogP contribution is 2.33. The highest BCUT2D eigenvalue weighted by Gasteiger charge is 2.16. The van der Waals surface area contributed by atoms with Gasteiger partial charge in [-0.05, 0) is 85.3 Å². The van der Waals surface area contributed by atoms with Gasteiger partial charge in [-0.25, -0.2) is 4.39 Å². The Hall–Kier alpha value is -3.67. The number of benzene rings is 3. The van der Waals surface area contributed by atoms with E-state index in [1.165, 1.54) is 12.1 Å². The lowest BCUT2D eigenvalue weighted by Crippen LogP contribution is -2.18. The number of phenols is 1. The molecule has 5 nitrogen and oxygen atoms in total. The molecule has 0 aromatic heterocycles. The van der Waals surface area contributed by atoms with E-state index in [9.17, 15) is 19.1 Å². The van der Waals surface area contributed by atoms with Crippen molar-refractivity contribution in [3.63, 3.8) is 0 Å². The zero-order chi connectivity index (χ0) is 24.8. The molecule has 3 rings (SSSR count). The third kappa shape index (κ3) is 6.22. The quantitative estimate of drug-likeness (QED) is 0.328. The van der Waals surface area contributed by atoms with Crippen LogP contribution in [0.15, 0.2) is 54.6 Å². The minimum atomic E-state index is -0.553. The van der Waals surface area contributed by atoms with Gasteiger partial charge in [0.05, 0.1) is 6.61 Å². The number of anilines is 1. The number of nitrogens with one attached hydrogen (secondary N) is 1. The monoisotopic (exact) mass is 463 g/mol. The summed E-state index contributed by atoms with van der Waals surface area (Å²) in [6.07, 6.45) is 0.328. The maximum Gasteiger partial charge on any atom is 0.315 e. The molecule has 2 N–H and O–H groups in total. The number of carbonyl (C=O) groups is 2. The Kier molecular flexibility index (Phi) is 8.05. The Morgan fingerprint density at radius 2 is 1.68 bits per heavy atom. The van der Waals surface area contributed by atoms with E-state index in [2.05, 4.69) is 5.32 Å². The van der Waals surface area contributed by atoms with Crippen LogP contribution in [0.3, 0.4) is 0 Å². The molecular weight excluding hydrogens is 433 g/mol. The summed E-state index contributed by atoms with van der Waals surface area (Å²) in [6.45, 7) is 7.87. The van der Waals surface area contributed by atoms with E-state index in [1.807, 2.05) is 45.0 Å². The van der Waals surface area contributed by atoms with Gasteiger partial charge in [-0.3, -0.25) is 9.59 Å². The summed E-state index contributed by atoms with van der Waals surface area (Å²) in [6, 6.07) is 15.6. The van der Waals surface area contributed by atoms with Crippen LogP contribution in [-0.2, 0) is 20.7 Å². The second-order valence-electron chi connectivity index (χ2n) is 8.46. The molecule has 0 saturated carbocycles. The third-order valence-corrected chi connectivity index (χ3v) is 5.90.